The number of anilines is 1. The number of nitrogens with zero attached hydrogens (tertiary/aromatic N) is 1. The van der Waals surface area contributed by atoms with Gasteiger partial charge in [-0.05, 0) is 36.8 Å². The topological polar surface area (TPSA) is 110 Å². The highest BCUT2D eigenvalue weighted by molar-refractivity contribution is 7.92. The second-order valence-electron chi connectivity index (χ2n) is 7.10. The van der Waals surface area contributed by atoms with Gasteiger partial charge in [0.05, 0.1) is 21.7 Å². The summed E-state index contributed by atoms with van der Waals surface area (Å²) in [5, 5.41) is 7.77. The van der Waals surface area contributed by atoms with E-state index < -0.39 is 10.0 Å². The number of aromatic amines is 1. The fourth-order valence-corrected chi connectivity index (χ4v) is 4.86. The maximum absolute atomic E-state index is 13.2. The molecule has 0 bridgehead atoms. The van der Waals surface area contributed by atoms with Crippen molar-refractivity contribution in [3.63, 3.8) is 0 Å². The van der Waals surface area contributed by atoms with E-state index in [2.05, 4.69) is 14.9 Å². The van der Waals surface area contributed by atoms with Crippen LogP contribution >= 0.6 is 0 Å². The van der Waals surface area contributed by atoms with Crippen LogP contribution in [-0.4, -0.2) is 25.4 Å². The number of nitrogens with one attached hydrogen (secondary N) is 2. The average Bonchev–Trinajstić information content (AvgIpc) is 3.22. The lowest BCUT2D eigenvalue weighted by Gasteiger charge is -2.13. The van der Waals surface area contributed by atoms with Gasteiger partial charge < -0.3 is 9.47 Å². The van der Waals surface area contributed by atoms with Crippen LogP contribution in [0.4, 0.5) is 5.69 Å². The van der Waals surface area contributed by atoms with Crippen molar-refractivity contribution < 1.29 is 17.9 Å². The fourth-order valence-electron chi connectivity index (χ4n) is 3.54. The Hall–Kier alpha value is -3.85. The number of aromatic nitrogens is 2. The average molecular weight is 435 g/mol. The van der Waals surface area contributed by atoms with Gasteiger partial charge in [0, 0.05) is 17.0 Å². The summed E-state index contributed by atoms with van der Waals surface area (Å²) in [6.45, 7) is 1.82. The minimum atomic E-state index is -3.90. The van der Waals surface area contributed by atoms with Gasteiger partial charge in [0.2, 0.25) is 6.79 Å². The van der Waals surface area contributed by atoms with Crippen LogP contribution in [-0.2, 0) is 10.0 Å². The lowest BCUT2D eigenvalue weighted by molar-refractivity contribution is 0.174. The van der Waals surface area contributed by atoms with Gasteiger partial charge in [-0.3, -0.25) is 9.52 Å². The lowest BCUT2D eigenvalue weighted by atomic mass is 10.0. The molecule has 8 nitrogen and oxygen atoms in total. The van der Waals surface area contributed by atoms with Gasteiger partial charge >= 0.3 is 0 Å². The molecule has 156 valence electrons. The molecule has 0 unspecified atom stereocenters. The van der Waals surface area contributed by atoms with E-state index in [9.17, 15) is 13.2 Å². The molecule has 3 aromatic carbocycles. The van der Waals surface area contributed by atoms with E-state index in [1.165, 1.54) is 0 Å². The number of H-pyrrole nitrogens is 1. The number of sulfonamides is 1. The number of rotatable bonds is 4. The molecule has 0 radical (unpaired) electrons. The summed E-state index contributed by atoms with van der Waals surface area (Å²) in [5.74, 6) is 1.05. The van der Waals surface area contributed by atoms with Gasteiger partial charge in [0.15, 0.2) is 11.5 Å². The van der Waals surface area contributed by atoms with Gasteiger partial charge in [0.1, 0.15) is 0 Å². The van der Waals surface area contributed by atoms with Crippen molar-refractivity contribution in [2.45, 2.75) is 11.8 Å². The molecule has 1 aliphatic heterocycles. The minimum Gasteiger partial charge on any atom is -0.454 e. The summed E-state index contributed by atoms with van der Waals surface area (Å²) in [4.78, 5) is 12.2. The van der Waals surface area contributed by atoms with Gasteiger partial charge in [-0.2, -0.15) is 5.10 Å². The molecule has 0 saturated heterocycles. The predicted octanol–water partition coefficient (Wildman–Crippen LogP) is 3.43. The molecule has 0 saturated carbocycles. The zero-order chi connectivity index (χ0) is 21.6. The molecule has 0 aliphatic carbocycles. The SMILES string of the molecule is Cc1ccc(-c2n[nH]c(=O)c3ccccc23)cc1S(=O)(=O)Nc1ccc2c(c1)OCO2. The van der Waals surface area contributed by atoms with E-state index in [1.807, 2.05) is 0 Å². The third kappa shape index (κ3) is 3.38. The van der Waals surface area contributed by atoms with Gasteiger partial charge in [0.25, 0.3) is 15.6 Å². The first-order valence-electron chi connectivity index (χ1n) is 9.43. The van der Waals surface area contributed by atoms with Crippen molar-refractivity contribution in [1.29, 1.82) is 0 Å². The molecule has 9 heteroatoms. The molecule has 0 amide bonds. The first-order chi connectivity index (χ1) is 14.9. The van der Waals surface area contributed by atoms with E-state index in [1.54, 1.807) is 67.6 Å². The number of fused-ring (bicyclic) bond motifs is 2. The number of ether oxygens (including phenoxy) is 2. The van der Waals surface area contributed by atoms with Gasteiger partial charge in [-0.1, -0.05) is 30.3 Å². The third-order valence-corrected chi connectivity index (χ3v) is 6.60. The summed E-state index contributed by atoms with van der Waals surface area (Å²) < 4.78 is 39.5. The van der Waals surface area contributed by atoms with Crippen LogP contribution in [0.3, 0.4) is 0 Å². The quantitative estimate of drug-likeness (QED) is 0.508. The highest BCUT2D eigenvalue weighted by Crippen LogP contribution is 2.35. The Kier molecular flexibility index (Phi) is 4.40. The van der Waals surface area contributed by atoms with Crippen LogP contribution in [0.5, 0.6) is 11.5 Å². The second-order valence-corrected chi connectivity index (χ2v) is 8.75. The molecule has 31 heavy (non-hydrogen) atoms. The van der Waals surface area contributed by atoms with Crippen molar-refractivity contribution in [3.8, 4) is 22.8 Å². The number of aryl methyl sites for hydroxylation is 1. The summed E-state index contributed by atoms with van der Waals surface area (Å²) in [6, 6.07) is 16.9. The largest absolute Gasteiger partial charge is 0.454 e. The zero-order valence-electron chi connectivity index (χ0n) is 16.4. The Balaban J connectivity index is 1.58. The van der Waals surface area contributed by atoms with Crippen molar-refractivity contribution in [1.82, 2.24) is 10.2 Å². The van der Waals surface area contributed by atoms with Gasteiger partial charge in [-0.25, -0.2) is 13.5 Å². The van der Waals surface area contributed by atoms with Crippen LogP contribution in [0.25, 0.3) is 22.0 Å². The Labute approximate surface area is 177 Å². The van der Waals surface area contributed by atoms with Crippen molar-refractivity contribution >= 4 is 26.5 Å². The molecule has 2 N–H and O–H groups in total. The highest BCUT2D eigenvalue weighted by atomic mass is 32.2. The standard InChI is InChI=1S/C22H17N3O5S/c1-13-6-7-14(21-16-4-2-3-5-17(16)22(26)24-23-21)10-20(13)31(27,28)25-15-8-9-18-19(11-15)30-12-29-18/h2-11,25H,12H2,1H3,(H,24,26). The Morgan fingerprint density at radius 3 is 2.58 bits per heavy atom. The first-order valence-corrected chi connectivity index (χ1v) is 10.9. The van der Waals surface area contributed by atoms with Crippen LogP contribution in [0.15, 0.2) is 70.4 Å². The van der Waals surface area contributed by atoms with E-state index in [-0.39, 0.29) is 17.2 Å². The maximum atomic E-state index is 13.2. The van der Waals surface area contributed by atoms with Gasteiger partial charge in [-0.15, -0.1) is 0 Å². The van der Waals surface area contributed by atoms with E-state index in [0.717, 1.165) is 0 Å². The number of hydrogen-bond acceptors (Lipinski definition) is 6. The van der Waals surface area contributed by atoms with Crippen LogP contribution in [0.1, 0.15) is 5.56 Å². The Bertz CT molecular complexity index is 1500. The number of benzene rings is 3. The van der Waals surface area contributed by atoms with E-state index in [4.69, 9.17) is 9.47 Å². The Morgan fingerprint density at radius 2 is 1.74 bits per heavy atom. The molecule has 1 aromatic heterocycles. The first kappa shape index (κ1) is 19.1. The van der Waals surface area contributed by atoms with E-state index >= 15 is 0 Å². The molecular formula is C22H17N3O5S. The molecule has 0 spiro atoms. The molecule has 5 rings (SSSR count). The molecule has 2 heterocycles. The monoisotopic (exact) mass is 435 g/mol. The fraction of sp³-hybridized carbons (Fsp3) is 0.0909. The molecule has 1 aliphatic rings. The minimum absolute atomic E-state index is 0.104. The summed E-state index contributed by atoms with van der Waals surface area (Å²) >= 11 is 0. The normalized spacial score (nSPS) is 12.8. The number of hydrogen-bond donors (Lipinski definition) is 2. The van der Waals surface area contributed by atoms with Crippen LogP contribution in [0.2, 0.25) is 0 Å². The summed E-state index contributed by atoms with van der Waals surface area (Å²) in [7, 11) is -3.90. The molecule has 0 fully saturated rings. The molecule has 0 atom stereocenters. The van der Waals surface area contributed by atoms with Crippen molar-refractivity contribution in [3.05, 3.63) is 76.6 Å². The molecular weight excluding hydrogens is 418 g/mol. The smallest absolute Gasteiger partial charge is 0.272 e. The maximum Gasteiger partial charge on any atom is 0.272 e. The molecule has 4 aromatic rings. The third-order valence-electron chi connectivity index (χ3n) is 5.07. The van der Waals surface area contributed by atoms with Crippen molar-refractivity contribution in [2.75, 3.05) is 11.5 Å². The summed E-state index contributed by atoms with van der Waals surface area (Å²) in [5.41, 5.74) is 1.70. The van der Waals surface area contributed by atoms with Crippen LogP contribution in [0, 0.1) is 6.92 Å². The predicted molar refractivity (Wildman–Crippen MR) is 116 cm³/mol. The lowest BCUT2D eigenvalue weighted by Crippen LogP contribution is -2.14. The summed E-state index contributed by atoms with van der Waals surface area (Å²) in [6.07, 6.45) is 0. The van der Waals surface area contributed by atoms with Crippen LogP contribution < -0.4 is 19.8 Å². The zero-order valence-corrected chi connectivity index (χ0v) is 17.2. The van der Waals surface area contributed by atoms with E-state index in [0.29, 0.717) is 44.8 Å². The second kappa shape index (κ2) is 7.13. The Morgan fingerprint density at radius 1 is 0.968 bits per heavy atom. The highest BCUT2D eigenvalue weighted by Gasteiger charge is 2.21. The van der Waals surface area contributed by atoms with Crippen molar-refractivity contribution in [2.24, 2.45) is 0 Å².